The smallest absolute Gasteiger partial charge is 0.300 e. The van der Waals surface area contributed by atoms with E-state index in [1.54, 1.807) is 42.5 Å². The summed E-state index contributed by atoms with van der Waals surface area (Å²) in [7, 11) is 0. The van der Waals surface area contributed by atoms with Crippen molar-refractivity contribution in [3.63, 3.8) is 0 Å². The molecule has 172 valence electrons. The zero-order valence-electron chi connectivity index (χ0n) is 18.5. The van der Waals surface area contributed by atoms with Gasteiger partial charge >= 0.3 is 0 Å². The number of aliphatic hydroxyl groups excluding tert-OH is 1. The van der Waals surface area contributed by atoms with E-state index < -0.39 is 17.7 Å². The summed E-state index contributed by atoms with van der Waals surface area (Å²) in [4.78, 5) is 28.0. The maximum atomic E-state index is 13.3. The van der Waals surface area contributed by atoms with Crippen molar-refractivity contribution in [2.75, 3.05) is 18.1 Å². The van der Waals surface area contributed by atoms with Crippen LogP contribution in [0.5, 0.6) is 11.5 Å². The number of hydrogen-bond donors (Lipinski definition) is 1. The van der Waals surface area contributed by atoms with Gasteiger partial charge in [-0.25, -0.2) is 0 Å². The van der Waals surface area contributed by atoms with Gasteiger partial charge in [-0.05, 0) is 53.9 Å². The van der Waals surface area contributed by atoms with Gasteiger partial charge in [0.05, 0.1) is 11.6 Å². The number of ketones is 1. The Balaban J connectivity index is 1.68. The topological polar surface area (TPSA) is 76.1 Å². The Morgan fingerprint density at radius 1 is 0.971 bits per heavy atom. The van der Waals surface area contributed by atoms with Crippen molar-refractivity contribution in [3.05, 3.63) is 94.0 Å². The van der Waals surface area contributed by atoms with Crippen LogP contribution in [0.15, 0.2) is 72.3 Å². The third-order valence-corrected chi connectivity index (χ3v) is 6.32. The first-order valence-electron chi connectivity index (χ1n) is 11.0. The molecule has 5 rings (SSSR count). The minimum Gasteiger partial charge on any atom is -0.507 e. The first-order chi connectivity index (χ1) is 16.5. The van der Waals surface area contributed by atoms with Crippen LogP contribution < -0.4 is 14.4 Å². The standard InChI is InChI=1S/C27H22ClNO5/c1-2-16-3-5-17(6-4-16)24-23(25(30)18-7-9-19(28)10-8-18)26(31)27(32)29(24)20-11-12-21-22(15-20)34-14-13-33-21/h3-12,15,24,30H,2,13-14H2,1H3/b25-23+. The van der Waals surface area contributed by atoms with E-state index in [2.05, 4.69) is 6.92 Å². The Bertz CT molecular complexity index is 1300. The summed E-state index contributed by atoms with van der Waals surface area (Å²) in [5.41, 5.74) is 2.73. The normalized spacial score (nSPS) is 18.9. The average molecular weight is 476 g/mol. The van der Waals surface area contributed by atoms with Crippen LogP contribution in [0.2, 0.25) is 5.02 Å². The molecule has 1 atom stereocenters. The van der Waals surface area contributed by atoms with Crippen LogP contribution in [-0.2, 0) is 16.0 Å². The van der Waals surface area contributed by atoms with Crippen molar-refractivity contribution in [2.45, 2.75) is 19.4 Å². The van der Waals surface area contributed by atoms with Gasteiger partial charge in [-0.3, -0.25) is 14.5 Å². The number of nitrogens with zero attached hydrogens (tertiary/aromatic N) is 1. The van der Waals surface area contributed by atoms with Crippen LogP contribution in [0.4, 0.5) is 5.69 Å². The highest BCUT2D eigenvalue weighted by Crippen LogP contribution is 2.44. The molecule has 0 radical (unpaired) electrons. The first kappa shape index (κ1) is 22.0. The Labute approximate surface area is 202 Å². The molecule has 3 aromatic carbocycles. The van der Waals surface area contributed by atoms with Crippen molar-refractivity contribution < 1.29 is 24.2 Å². The molecule has 3 aromatic rings. The molecular formula is C27H22ClNO5. The molecule has 1 saturated heterocycles. The SMILES string of the molecule is CCc1ccc(C2/C(=C(\O)c3ccc(Cl)cc3)C(=O)C(=O)N2c2ccc3c(c2)OCCO3)cc1. The number of rotatable bonds is 4. The number of benzene rings is 3. The number of aliphatic hydroxyl groups is 1. The number of aryl methyl sites for hydroxylation is 1. The van der Waals surface area contributed by atoms with Crippen LogP contribution in [0, 0.1) is 0 Å². The summed E-state index contributed by atoms with van der Waals surface area (Å²) in [6.07, 6.45) is 0.855. The van der Waals surface area contributed by atoms with E-state index in [4.69, 9.17) is 21.1 Å². The number of anilines is 1. The monoisotopic (exact) mass is 475 g/mol. The molecule has 0 aromatic heterocycles. The molecule has 1 unspecified atom stereocenters. The van der Waals surface area contributed by atoms with Crippen LogP contribution in [0.1, 0.15) is 29.7 Å². The van der Waals surface area contributed by atoms with Gasteiger partial charge in [0, 0.05) is 22.3 Å². The number of Topliss-reactive ketones (excluding diaryl/α,β-unsaturated/α-hetero) is 1. The summed E-state index contributed by atoms with van der Waals surface area (Å²) in [5.74, 6) is -0.650. The molecule has 7 heteroatoms. The Hall–Kier alpha value is -3.77. The van der Waals surface area contributed by atoms with E-state index >= 15 is 0 Å². The lowest BCUT2D eigenvalue weighted by atomic mass is 9.94. The maximum Gasteiger partial charge on any atom is 0.300 e. The van der Waals surface area contributed by atoms with Crippen molar-refractivity contribution in [3.8, 4) is 11.5 Å². The van der Waals surface area contributed by atoms with E-state index in [1.165, 1.54) is 4.90 Å². The van der Waals surface area contributed by atoms with Gasteiger partial charge in [0.25, 0.3) is 11.7 Å². The molecule has 2 aliphatic rings. The predicted octanol–water partition coefficient (Wildman–Crippen LogP) is 5.30. The van der Waals surface area contributed by atoms with Crippen LogP contribution in [0.3, 0.4) is 0 Å². The summed E-state index contributed by atoms with van der Waals surface area (Å²) < 4.78 is 11.3. The lowest BCUT2D eigenvalue weighted by Crippen LogP contribution is -2.29. The molecule has 2 heterocycles. The van der Waals surface area contributed by atoms with Crippen molar-refractivity contribution in [1.29, 1.82) is 0 Å². The van der Waals surface area contributed by atoms with Gasteiger partial charge in [0.1, 0.15) is 19.0 Å². The van der Waals surface area contributed by atoms with Crippen LogP contribution in [-0.4, -0.2) is 30.0 Å². The van der Waals surface area contributed by atoms with E-state index in [-0.39, 0.29) is 11.3 Å². The molecule has 1 amide bonds. The minimum absolute atomic E-state index is 0.0199. The molecule has 2 aliphatic heterocycles. The highest BCUT2D eigenvalue weighted by atomic mass is 35.5. The lowest BCUT2D eigenvalue weighted by molar-refractivity contribution is -0.132. The molecule has 6 nitrogen and oxygen atoms in total. The summed E-state index contributed by atoms with van der Waals surface area (Å²) >= 11 is 5.99. The molecule has 0 spiro atoms. The molecule has 1 N–H and O–H groups in total. The van der Waals surface area contributed by atoms with Crippen molar-refractivity contribution >= 4 is 34.7 Å². The molecule has 0 bridgehead atoms. The summed E-state index contributed by atoms with van der Waals surface area (Å²) in [5, 5.41) is 11.7. The second-order valence-corrected chi connectivity index (χ2v) is 8.54. The fraction of sp³-hybridized carbons (Fsp3) is 0.185. The number of carbonyl (C=O) groups is 2. The molecule has 34 heavy (non-hydrogen) atoms. The third-order valence-electron chi connectivity index (χ3n) is 6.07. The van der Waals surface area contributed by atoms with E-state index in [1.807, 2.05) is 24.3 Å². The summed E-state index contributed by atoms with van der Waals surface area (Å²) in [6, 6.07) is 18.5. The number of fused-ring (bicyclic) bond motifs is 1. The van der Waals surface area contributed by atoms with Gasteiger partial charge in [-0.2, -0.15) is 0 Å². The van der Waals surface area contributed by atoms with Gasteiger partial charge in [0.2, 0.25) is 0 Å². The number of ether oxygens (including phenoxy) is 2. The van der Waals surface area contributed by atoms with Gasteiger partial charge < -0.3 is 14.6 Å². The fourth-order valence-corrected chi connectivity index (χ4v) is 4.42. The zero-order chi connectivity index (χ0) is 23.8. The Morgan fingerprint density at radius 3 is 2.32 bits per heavy atom. The van der Waals surface area contributed by atoms with Crippen molar-refractivity contribution in [1.82, 2.24) is 0 Å². The predicted molar refractivity (Wildman–Crippen MR) is 129 cm³/mol. The molecule has 1 fully saturated rings. The fourth-order valence-electron chi connectivity index (χ4n) is 4.30. The third kappa shape index (κ3) is 3.80. The Morgan fingerprint density at radius 2 is 1.65 bits per heavy atom. The number of hydrogen-bond acceptors (Lipinski definition) is 5. The largest absolute Gasteiger partial charge is 0.507 e. The second kappa shape index (κ2) is 8.88. The van der Waals surface area contributed by atoms with E-state index in [0.29, 0.717) is 46.5 Å². The van der Waals surface area contributed by atoms with Crippen LogP contribution >= 0.6 is 11.6 Å². The van der Waals surface area contributed by atoms with Gasteiger partial charge in [-0.1, -0.05) is 42.8 Å². The molecule has 0 saturated carbocycles. The first-order valence-corrected chi connectivity index (χ1v) is 11.4. The van der Waals surface area contributed by atoms with Gasteiger partial charge in [-0.15, -0.1) is 0 Å². The lowest BCUT2D eigenvalue weighted by Gasteiger charge is -2.27. The Kier molecular flexibility index (Phi) is 5.75. The molecular weight excluding hydrogens is 454 g/mol. The number of carbonyl (C=O) groups excluding carboxylic acids is 2. The summed E-state index contributed by atoms with van der Waals surface area (Å²) in [6.45, 7) is 2.90. The minimum atomic E-state index is -0.816. The van der Waals surface area contributed by atoms with E-state index in [9.17, 15) is 14.7 Å². The highest BCUT2D eigenvalue weighted by Gasteiger charge is 2.47. The van der Waals surface area contributed by atoms with E-state index in [0.717, 1.165) is 12.0 Å². The second-order valence-electron chi connectivity index (χ2n) is 8.10. The van der Waals surface area contributed by atoms with Crippen LogP contribution in [0.25, 0.3) is 5.76 Å². The number of amides is 1. The van der Waals surface area contributed by atoms with Gasteiger partial charge in [0.15, 0.2) is 11.5 Å². The molecule has 0 aliphatic carbocycles. The quantitative estimate of drug-likeness (QED) is 0.315. The maximum absolute atomic E-state index is 13.3. The average Bonchev–Trinajstić information content (AvgIpc) is 3.14. The van der Waals surface area contributed by atoms with Crippen molar-refractivity contribution in [2.24, 2.45) is 0 Å². The number of halogens is 1. The highest BCUT2D eigenvalue weighted by molar-refractivity contribution is 6.51. The zero-order valence-corrected chi connectivity index (χ0v) is 19.2.